The fourth-order valence-corrected chi connectivity index (χ4v) is 1.09. The van der Waals surface area contributed by atoms with Gasteiger partial charge < -0.3 is 4.55 Å². The topological polar surface area (TPSA) is 57.2 Å². The first-order chi connectivity index (χ1) is 6.71. The second kappa shape index (κ2) is 5.59. The van der Waals surface area contributed by atoms with E-state index in [9.17, 15) is 43.7 Å². The molecular formula is C5H4F7NaO3S. The zero-order valence-corrected chi connectivity index (χ0v) is 11.0. The van der Waals surface area contributed by atoms with Crippen LogP contribution in [0, 0.1) is 0 Å². The second-order valence-electron chi connectivity index (χ2n) is 2.79. The molecule has 0 fully saturated rings. The Kier molecular flexibility index (Phi) is 6.50. The van der Waals surface area contributed by atoms with Crippen LogP contribution < -0.4 is 29.6 Å². The summed E-state index contributed by atoms with van der Waals surface area (Å²) in [5, 5.41) is -6.06. The van der Waals surface area contributed by atoms with Crippen LogP contribution in [0.2, 0.25) is 0 Å². The van der Waals surface area contributed by atoms with Crippen LogP contribution in [-0.2, 0) is 10.1 Å². The van der Waals surface area contributed by atoms with Crippen LogP contribution in [0.25, 0.3) is 0 Å². The summed E-state index contributed by atoms with van der Waals surface area (Å²) in [4.78, 5) is 0. The summed E-state index contributed by atoms with van der Waals surface area (Å²) >= 11 is 0. The fourth-order valence-electron chi connectivity index (χ4n) is 0.627. The SMILES string of the molecule is O=S(=O)([O-])C(F)(F)C(F)(F)CCC(F)(F)F.[Na+]. The summed E-state index contributed by atoms with van der Waals surface area (Å²) < 4.78 is 113. The summed E-state index contributed by atoms with van der Waals surface area (Å²) in [6.07, 6.45) is -9.97. The van der Waals surface area contributed by atoms with Crippen molar-refractivity contribution < 1.29 is 73.3 Å². The van der Waals surface area contributed by atoms with Crippen molar-refractivity contribution in [3.63, 3.8) is 0 Å². The molecule has 17 heavy (non-hydrogen) atoms. The molecule has 0 rings (SSSR count). The monoisotopic (exact) mass is 300 g/mol. The van der Waals surface area contributed by atoms with Gasteiger partial charge in [0, 0.05) is 12.8 Å². The summed E-state index contributed by atoms with van der Waals surface area (Å²) in [6.45, 7) is 0. The van der Waals surface area contributed by atoms with Crippen LogP contribution >= 0.6 is 0 Å². The van der Waals surface area contributed by atoms with Crippen LogP contribution in [0.3, 0.4) is 0 Å². The maximum Gasteiger partial charge on any atom is 1.00 e. The van der Waals surface area contributed by atoms with Crippen LogP contribution in [0.4, 0.5) is 30.7 Å². The van der Waals surface area contributed by atoms with Gasteiger partial charge in [-0.1, -0.05) is 0 Å². The molecule has 0 amide bonds. The Morgan fingerprint density at radius 3 is 1.47 bits per heavy atom. The molecule has 0 saturated carbocycles. The molecule has 0 aliphatic heterocycles. The molecule has 0 aromatic carbocycles. The molecule has 0 heterocycles. The van der Waals surface area contributed by atoms with E-state index in [-0.39, 0.29) is 29.6 Å². The number of hydrogen-bond donors (Lipinski definition) is 0. The molecule has 0 unspecified atom stereocenters. The van der Waals surface area contributed by atoms with Crippen molar-refractivity contribution in [2.45, 2.75) is 30.2 Å². The Labute approximate surface area is 113 Å². The third-order valence-electron chi connectivity index (χ3n) is 1.46. The van der Waals surface area contributed by atoms with Crippen molar-refractivity contribution in [3.05, 3.63) is 0 Å². The Bertz CT molecular complexity index is 349. The van der Waals surface area contributed by atoms with E-state index in [1.165, 1.54) is 0 Å². The minimum atomic E-state index is -6.73. The Morgan fingerprint density at radius 1 is 0.882 bits per heavy atom. The number of hydrogen-bond acceptors (Lipinski definition) is 3. The molecule has 0 aliphatic rings. The van der Waals surface area contributed by atoms with E-state index in [4.69, 9.17) is 0 Å². The second-order valence-corrected chi connectivity index (χ2v) is 4.21. The molecule has 0 N–H and O–H groups in total. The molecule has 12 heteroatoms. The maximum atomic E-state index is 12.4. The molecule has 0 atom stereocenters. The van der Waals surface area contributed by atoms with Crippen LogP contribution in [0.5, 0.6) is 0 Å². The molecule has 0 aromatic heterocycles. The van der Waals surface area contributed by atoms with E-state index in [1.807, 2.05) is 0 Å². The molecule has 0 radical (unpaired) electrons. The first kappa shape index (κ1) is 19.8. The Balaban J connectivity index is 0. The Morgan fingerprint density at radius 2 is 1.24 bits per heavy atom. The summed E-state index contributed by atoms with van der Waals surface area (Å²) in [5.41, 5.74) is 0. The van der Waals surface area contributed by atoms with Gasteiger partial charge in [-0.2, -0.15) is 30.7 Å². The molecular weight excluding hydrogens is 296 g/mol. The minimum absolute atomic E-state index is 0. The van der Waals surface area contributed by atoms with Gasteiger partial charge >= 0.3 is 46.9 Å². The third-order valence-corrected chi connectivity index (χ3v) is 2.39. The molecule has 0 bridgehead atoms. The van der Waals surface area contributed by atoms with Gasteiger partial charge in [-0.3, -0.25) is 0 Å². The third kappa shape index (κ3) is 5.28. The minimum Gasteiger partial charge on any atom is -0.743 e. The molecule has 3 nitrogen and oxygen atoms in total. The molecule has 0 aliphatic carbocycles. The van der Waals surface area contributed by atoms with Gasteiger partial charge in [0.25, 0.3) is 0 Å². The van der Waals surface area contributed by atoms with Crippen molar-refractivity contribution in [1.82, 2.24) is 0 Å². The van der Waals surface area contributed by atoms with E-state index in [2.05, 4.69) is 0 Å². The zero-order valence-electron chi connectivity index (χ0n) is 8.19. The average Bonchev–Trinajstić information content (AvgIpc) is 1.97. The van der Waals surface area contributed by atoms with Crippen molar-refractivity contribution >= 4 is 10.1 Å². The number of rotatable bonds is 4. The van der Waals surface area contributed by atoms with E-state index in [1.54, 1.807) is 0 Å². The van der Waals surface area contributed by atoms with Crippen molar-refractivity contribution in [2.24, 2.45) is 0 Å². The first-order valence-corrected chi connectivity index (χ1v) is 4.89. The zero-order chi connectivity index (χ0) is 13.4. The van der Waals surface area contributed by atoms with Gasteiger partial charge in [-0.25, -0.2) is 8.42 Å². The van der Waals surface area contributed by atoms with Gasteiger partial charge in [-0.15, -0.1) is 0 Å². The number of halogens is 7. The summed E-state index contributed by atoms with van der Waals surface area (Å²) in [5.74, 6) is -5.57. The van der Waals surface area contributed by atoms with E-state index < -0.39 is 40.3 Å². The van der Waals surface area contributed by atoms with Crippen LogP contribution in [0.1, 0.15) is 12.8 Å². The molecule has 0 saturated heterocycles. The smallest absolute Gasteiger partial charge is 0.743 e. The van der Waals surface area contributed by atoms with Gasteiger partial charge in [0.15, 0.2) is 10.1 Å². The molecule has 0 spiro atoms. The fraction of sp³-hybridized carbons (Fsp3) is 1.00. The predicted octanol–water partition coefficient (Wildman–Crippen LogP) is -0.894. The van der Waals surface area contributed by atoms with Gasteiger partial charge in [0.05, 0.1) is 0 Å². The van der Waals surface area contributed by atoms with Gasteiger partial charge in [0.1, 0.15) is 0 Å². The van der Waals surface area contributed by atoms with Crippen molar-refractivity contribution in [1.29, 1.82) is 0 Å². The predicted molar refractivity (Wildman–Crippen MR) is 34.9 cm³/mol. The van der Waals surface area contributed by atoms with Crippen LogP contribution in [0.15, 0.2) is 0 Å². The standard InChI is InChI=1S/C5H5F7O3S.Na/c6-3(7,1-2-4(8,9)10)5(11,12)16(13,14)15;/h1-2H2,(H,13,14,15);/q;+1/p-1. The summed E-state index contributed by atoms with van der Waals surface area (Å²) in [7, 11) is -6.73. The van der Waals surface area contributed by atoms with Gasteiger partial charge in [-0.05, 0) is 0 Å². The maximum absolute atomic E-state index is 12.4. The first-order valence-electron chi connectivity index (χ1n) is 3.48. The van der Waals surface area contributed by atoms with Crippen LogP contribution in [-0.4, -0.2) is 30.3 Å². The van der Waals surface area contributed by atoms with E-state index >= 15 is 0 Å². The molecule has 0 aromatic rings. The van der Waals surface area contributed by atoms with Crippen molar-refractivity contribution in [2.75, 3.05) is 0 Å². The average molecular weight is 300 g/mol. The quantitative estimate of drug-likeness (QED) is 0.384. The van der Waals surface area contributed by atoms with E-state index in [0.717, 1.165) is 0 Å². The van der Waals surface area contributed by atoms with Crippen molar-refractivity contribution in [3.8, 4) is 0 Å². The Hall–Kier alpha value is 0.420. The number of alkyl halides is 7. The summed E-state index contributed by atoms with van der Waals surface area (Å²) in [6, 6.07) is 0. The largest absolute Gasteiger partial charge is 1.00 e. The van der Waals surface area contributed by atoms with Gasteiger partial charge in [0.2, 0.25) is 0 Å². The normalized spacial score (nSPS) is 14.4. The molecule has 98 valence electrons. The van der Waals surface area contributed by atoms with E-state index in [0.29, 0.717) is 0 Å².